The molecule has 3 rings (SSSR count). The normalized spacial score (nSPS) is 17.2. The van der Waals surface area contributed by atoms with E-state index in [9.17, 15) is 8.78 Å². The molecule has 1 N–H and O–H groups in total. The number of halogens is 2. The van der Waals surface area contributed by atoms with E-state index in [1.807, 2.05) is 36.1 Å². The van der Waals surface area contributed by atoms with Crippen molar-refractivity contribution in [2.24, 2.45) is 0 Å². The molecule has 0 aliphatic carbocycles. The van der Waals surface area contributed by atoms with Gasteiger partial charge in [-0.2, -0.15) is 0 Å². The molecule has 0 saturated carbocycles. The molecule has 1 aliphatic heterocycles. The second-order valence-corrected chi connectivity index (χ2v) is 4.93. The van der Waals surface area contributed by atoms with Gasteiger partial charge in [-0.25, -0.2) is 13.8 Å². The van der Waals surface area contributed by atoms with Crippen molar-refractivity contribution in [3.05, 3.63) is 47.5 Å². The summed E-state index contributed by atoms with van der Waals surface area (Å²) >= 11 is 0. The first-order chi connectivity index (χ1) is 9.61. The molecule has 0 spiro atoms. The monoisotopic (exact) mass is 275 g/mol. The van der Waals surface area contributed by atoms with Crippen molar-refractivity contribution in [2.75, 3.05) is 17.3 Å². The van der Waals surface area contributed by atoms with Gasteiger partial charge in [0, 0.05) is 24.8 Å². The minimum atomic E-state index is -0.686. The summed E-state index contributed by atoms with van der Waals surface area (Å²) < 4.78 is 27.6. The summed E-state index contributed by atoms with van der Waals surface area (Å²) in [6, 6.07) is 8.79. The Labute approximate surface area is 116 Å². The fourth-order valence-corrected chi connectivity index (χ4v) is 2.69. The van der Waals surface area contributed by atoms with Crippen LogP contribution in [0.4, 0.5) is 26.1 Å². The largest absolute Gasteiger partial charge is 0.371 e. The van der Waals surface area contributed by atoms with Crippen LogP contribution in [0.25, 0.3) is 0 Å². The number of hydrogen-bond acceptors (Lipinski definition) is 3. The van der Waals surface area contributed by atoms with Gasteiger partial charge in [0.25, 0.3) is 0 Å². The number of anilines is 3. The number of hydrogen-bond donors (Lipinski definition) is 1. The topological polar surface area (TPSA) is 28.2 Å². The van der Waals surface area contributed by atoms with E-state index in [1.165, 1.54) is 0 Å². The molecule has 0 amide bonds. The van der Waals surface area contributed by atoms with Crippen molar-refractivity contribution < 1.29 is 8.78 Å². The van der Waals surface area contributed by atoms with E-state index in [1.54, 1.807) is 7.05 Å². The van der Waals surface area contributed by atoms with Gasteiger partial charge >= 0.3 is 0 Å². The molecule has 104 valence electrons. The molecule has 3 nitrogen and oxygen atoms in total. The Hall–Kier alpha value is -2.17. The highest BCUT2D eigenvalue weighted by molar-refractivity contribution is 5.70. The maximum absolute atomic E-state index is 14.1. The SMILES string of the molecule is CNc1nc(N2c3ccccc3CC2C)c(F)cc1F. The maximum atomic E-state index is 14.1. The summed E-state index contributed by atoms with van der Waals surface area (Å²) in [5.74, 6) is -1.12. The van der Waals surface area contributed by atoms with Crippen molar-refractivity contribution >= 4 is 17.3 Å². The zero-order chi connectivity index (χ0) is 14.3. The van der Waals surface area contributed by atoms with Gasteiger partial charge in [0.15, 0.2) is 23.3 Å². The molecule has 1 aliphatic rings. The first-order valence-electron chi connectivity index (χ1n) is 6.52. The third-order valence-electron chi connectivity index (χ3n) is 3.58. The van der Waals surface area contributed by atoms with Gasteiger partial charge in [-0.05, 0) is 25.0 Å². The summed E-state index contributed by atoms with van der Waals surface area (Å²) in [4.78, 5) is 5.91. The van der Waals surface area contributed by atoms with Crippen LogP contribution in [0, 0.1) is 11.6 Å². The summed E-state index contributed by atoms with van der Waals surface area (Å²) in [5, 5.41) is 2.65. The van der Waals surface area contributed by atoms with Crippen LogP contribution in [0.1, 0.15) is 12.5 Å². The summed E-state index contributed by atoms with van der Waals surface area (Å²) in [5.41, 5.74) is 2.08. The number of aromatic nitrogens is 1. The second-order valence-electron chi connectivity index (χ2n) is 4.93. The van der Waals surface area contributed by atoms with Crippen LogP contribution >= 0.6 is 0 Å². The predicted molar refractivity (Wildman–Crippen MR) is 75.4 cm³/mol. The van der Waals surface area contributed by atoms with Crippen LogP contribution < -0.4 is 10.2 Å². The molecule has 1 unspecified atom stereocenters. The van der Waals surface area contributed by atoms with Crippen LogP contribution in [0.3, 0.4) is 0 Å². The summed E-state index contributed by atoms with van der Waals surface area (Å²) in [6.45, 7) is 2.00. The van der Waals surface area contributed by atoms with Crippen molar-refractivity contribution in [3.63, 3.8) is 0 Å². The van der Waals surface area contributed by atoms with E-state index in [0.717, 1.165) is 23.7 Å². The molecule has 0 saturated heterocycles. The third-order valence-corrected chi connectivity index (χ3v) is 3.58. The molecular formula is C15H15F2N3. The van der Waals surface area contributed by atoms with E-state index >= 15 is 0 Å². The Morgan fingerprint density at radius 1 is 1.25 bits per heavy atom. The summed E-state index contributed by atoms with van der Waals surface area (Å²) in [7, 11) is 1.56. The lowest BCUT2D eigenvalue weighted by molar-refractivity contribution is 0.571. The van der Waals surface area contributed by atoms with Crippen molar-refractivity contribution in [3.8, 4) is 0 Å². The van der Waals surface area contributed by atoms with Gasteiger partial charge in [-0.1, -0.05) is 18.2 Å². The quantitative estimate of drug-likeness (QED) is 0.909. The highest BCUT2D eigenvalue weighted by Gasteiger charge is 2.30. The molecule has 20 heavy (non-hydrogen) atoms. The zero-order valence-electron chi connectivity index (χ0n) is 11.3. The maximum Gasteiger partial charge on any atom is 0.172 e. The standard InChI is InChI=1S/C15H15F2N3/c1-9-7-10-5-3-4-6-13(10)20(9)15-12(17)8-11(16)14(18-2)19-15/h3-6,8-9H,7H2,1-2H3,(H,18,19). The van der Waals surface area contributed by atoms with E-state index in [2.05, 4.69) is 10.3 Å². The molecular weight excluding hydrogens is 260 g/mol. The van der Waals surface area contributed by atoms with E-state index < -0.39 is 11.6 Å². The van der Waals surface area contributed by atoms with Gasteiger partial charge in [0.2, 0.25) is 0 Å². The van der Waals surface area contributed by atoms with Gasteiger partial charge in [-0.3, -0.25) is 0 Å². The minimum absolute atomic E-state index is 0.0537. The highest BCUT2D eigenvalue weighted by atomic mass is 19.1. The molecule has 0 radical (unpaired) electrons. The average Bonchev–Trinajstić information content (AvgIpc) is 2.75. The van der Waals surface area contributed by atoms with Crippen LogP contribution in [-0.2, 0) is 6.42 Å². The van der Waals surface area contributed by atoms with Crippen LogP contribution in [0.5, 0.6) is 0 Å². The minimum Gasteiger partial charge on any atom is -0.371 e. The lowest BCUT2D eigenvalue weighted by Crippen LogP contribution is -2.26. The second kappa shape index (κ2) is 4.74. The molecule has 2 aromatic rings. The Morgan fingerprint density at radius 2 is 2.00 bits per heavy atom. The van der Waals surface area contributed by atoms with E-state index in [0.29, 0.717) is 0 Å². The number of rotatable bonds is 2. The van der Waals surface area contributed by atoms with Crippen LogP contribution in [0.2, 0.25) is 0 Å². The smallest absolute Gasteiger partial charge is 0.172 e. The number of para-hydroxylation sites is 1. The molecule has 2 heterocycles. The molecule has 1 aromatic heterocycles. The number of pyridine rings is 1. The zero-order valence-corrected chi connectivity index (χ0v) is 11.3. The first-order valence-corrected chi connectivity index (χ1v) is 6.52. The summed E-state index contributed by atoms with van der Waals surface area (Å²) in [6.07, 6.45) is 0.823. The Balaban J connectivity index is 2.14. The van der Waals surface area contributed by atoms with Crippen molar-refractivity contribution in [1.29, 1.82) is 0 Å². The lowest BCUT2D eigenvalue weighted by Gasteiger charge is -2.24. The van der Waals surface area contributed by atoms with Gasteiger partial charge in [-0.15, -0.1) is 0 Å². The lowest BCUT2D eigenvalue weighted by atomic mass is 10.1. The number of fused-ring (bicyclic) bond motifs is 1. The highest BCUT2D eigenvalue weighted by Crippen LogP contribution is 2.38. The fourth-order valence-electron chi connectivity index (χ4n) is 2.69. The number of nitrogens with zero attached hydrogens (tertiary/aromatic N) is 2. The van der Waals surface area contributed by atoms with Crippen molar-refractivity contribution in [2.45, 2.75) is 19.4 Å². The van der Waals surface area contributed by atoms with Crippen LogP contribution in [0.15, 0.2) is 30.3 Å². The molecule has 0 bridgehead atoms. The van der Waals surface area contributed by atoms with E-state index in [-0.39, 0.29) is 17.7 Å². The number of nitrogens with one attached hydrogen (secondary N) is 1. The molecule has 5 heteroatoms. The fraction of sp³-hybridized carbons (Fsp3) is 0.267. The van der Waals surface area contributed by atoms with Crippen molar-refractivity contribution in [1.82, 2.24) is 4.98 Å². The molecule has 1 aromatic carbocycles. The average molecular weight is 275 g/mol. The Morgan fingerprint density at radius 3 is 2.75 bits per heavy atom. The van der Waals surface area contributed by atoms with Gasteiger partial charge < -0.3 is 10.2 Å². The molecule has 1 atom stereocenters. The third kappa shape index (κ3) is 1.90. The van der Waals surface area contributed by atoms with Gasteiger partial charge in [0.1, 0.15) is 0 Å². The Kier molecular flexibility index (Phi) is 3.04. The predicted octanol–water partition coefficient (Wildman–Crippen LogP) is 3.48. The Bertz CT molecular complexity index is 658. The number of benzene rings is 1. The van der Waals surface area contributed by atoms with Crippen LogP contribution in [-0.4, -0.2) is 18.1 Å². The molecule has 0 fully saturated rings. The van der Waals surface area contributed by atoms with E-state index in [4.69, 9.17) is 0 Å². The first kappa shape index (κ1) is 12.8. The van der Waals surface area contributed by atoms with Gasteiger partial charge in [0.05, 0.1) is 0 Å².